The molecule has 7 heteroatoms. The normalized spacial score (nSPS) is 32.3. The van der Waals surface area contributed by atoms with Gasteiger partial charge in [0.2, 0.25) is 0 Å². The van der Waals surface area contributed by atoms with Crippen molar-refractivity contribution >= 4 is 27.6 Å². The zero-order valence-electron chi connectivity index (χ0n) is 12.4. The number of sulfone groups is 1. The molecule has 21 heavy (non-hydrogen) atoms. The number of rotatable bonds is 5. The highest BCUT2D eigenvalue weighted by atomic mass is 32.2. The summed E-state index contributed by atoms with van der Waals surface area (Å²) in [5.74, 6) is 3.01. The average Bonchev–Trinajstić information content (AvgIpc) is 2.97. The number of aliphatic imine (C=N–C) groups is 1. The molecule has 2 aliphatic heterocycles. The molecule has 2 saturated heterocycles. The molecular weight excluding hydrogens is 306 g/mol. The Morgan fingerprint density at radius 2 is 2.10 bits per heavy atom. The van der Waals surface area contributed by atoms with Crippen LogP contribution < -0.4 is 10.6 Å². The summed E-state index contributed by atoms with van der Waals surface area (Å²) >= 11 is 2.04. The first-order valence-electron chi connectivity index (χ1n) is 7.97. The van der Waals surface area contributed by atoms with E-state index in [1.54, 1.807) is 0 Å². The number of hydrogen-bond donors (Lipinski definition) is 2. The standard InChI is InChI=1S/C14H25N3O2S2/c18-21(19)7-5-11(10-21)8-15-14(17-12-3-4-12)16-9-13-2-1-6-20-13/h11-13H,1-10H2,(H2,15,16,17). The Morgan fingerprint density at radius 3 is 2.71 bits per heavy atom. The van der Waals surface area contributed by atoms with Crippen LogP contribution in [0.4, 0.5) is 0 Å². The lowest BCUT2D eigenvalue weighted by Gasteiger charge is -2.15. The highest BCUT2D eigenvalue weighted by Gasteiger charge is 2.28. The van der Waals surface area contributed by atoms with Gasteiger partial charge in [0.25, 0.3) is 0 Å². The van der Waals surface area contributed by atoms with E-state index in [1.807, 2.05) is 11.8 Å². The summed E-state index contributed by atoms with van der Waals surface area (Å²) in [6, 6.07) is 0.569. The van der Waals surface area contributed by atoms with Gasteiger partial charge in [0, 0.05) is 24.4 Å². The minimum absolute atomic E-state index is 0.202. The molecule has 5 nitrogen and oxygen atoms in total. The van der Waals surface area contributed by atoms with Crippen LogP contribution in [0.3, 0.4) is 0 Å². The van der Waals surface area contributed by atoms with Gasteiger partial charge in [-0.2, -0.15) is 11.8 Å². The van der Waals surface area contributed by atoms with Gasteiger partial charge >= 0.3 is 0 Å². The zero-order valence-corrected chi connectivity index (χ0v) is 14.0. The number of nitrogens with zero attached hydrogens (tertiary/aromatic N) is 1. The fourth-order valence-corrected chi connectivity index (χ4v) is 5.88. The quantitative estimate of drug-likeness (QED) is 0.581. The van der Waals surface area contributed by atoms with Crippen molar-refractivity contribution in [3.63, 3.8) is 0 Å². The highest BCUT2D eigenvalue weighted by Crippen LogP contribution is 2.25. The van der Waals surface area contributed by atoms with Gasteiger partial charge in [0.15, 0.2) is 15.8 Å². The Kier molecular flexibility index (Phi) is 4.99. The molecule has 2 unspecified atom stereocenters. The van der Waals surface area contributed by atoms with E-state index in [4.69, 9.17) is 0 Å². The molecule has 3 aliphatic rings. The van der Waals surface area contributed by atoms with E-state index < -0.39 is 9.84 Å². The van der Waals surface area contributed by atoms with Crippen LogP contribution in [0.2, 0.25) is 0 Å². The van der Waals surface area contributed by atoms with E-state index >= 15 is 0 Å². The maximum absolute atomic E-state index is 11.5. The van der Waals surface area contributed by atoms with Gasteiger partial charge < -0.3 is 10.6 Å². The van der Waals surface area contributed by atoms with E-state index in [0.29, 0.717) is 29.3 Å². The van der Waals surface area contributed by atoms with Crippen LogP contribution in [-0.2, 0) is 9.84 Å². The molecule has 0 amide bonds. The van der Waals surface area contributed by atoms with E-state index in [1.165, 1.54) is 31.4 Å². The van der Waals surface area contributed by atoms with Gasteiger partial charge in [-0.15, -0.1) is 0 Å². The largest absolute Gasteiger partial charge is 0.355 e. The first-order chi connectivity index (χ1) is 10.1. The monoisotopic (exact) mass is 331 g/mol. The lowest BCUT2D eigenvalue weighted by molar-refractivity contribution is 0.589. The second kappa shape index (κ2) is 6.77. The summed E-state index contributed by atoms with van der Waals surface area (Å²) in [5.41, 5.74) is 0. The molecule has 2 heterocycles. The molecule has 1 saturated carbocycles. The van der Waals surface area contributed by atoms with Crippen LogP contribution in [0.5, 0.6) is 0 Å². The third-order valence-corrected chi connectivity index (χ3v) is 7.51. The van der Waals surface area contributed by atoms with Crippen molar-refractivity contribution < 1.29 is 8.42 Å². The van der Waals surface area contributed by atoms with E-state index in [0.717, 1.165) is 18.9 Å². The highest BCUT2D eigenvalue weighted by molar-refractivity contribution is 8.00. The molecule has 0 bridgehead atoms. The Hall–Kier alpha value is -0.430. The molecule has 0 aromatic rings. The SMILES string of the molecule is O=S1(=O)CCC(CN=C(NCC2CCCS2)NC2CC2)C1. The Morgan fingerprint density at radius 1 is 1.24 bits per heavy atom. The smallest absolute Gasteiger partial charge is 0.191 e. The summed E-state index contributed by atoms with van der Waals surface area (Å²) in [4.78, 5) is 4.63. The van der Waals surface area contributed by atoms with Crippen molar-refractivity contribution in [1.82, 2.24) is 10.6 Å². The van der Waals surface area contributed by atoms with Gasteiger partial charge in [-0.05, 0) is 43.8 Å². The van der Waals surface area contributed by atoms with Crippen molar-refractivity contribution in [3.05, 3.63) is 0 Å². The number of hydrogen-bond acceptors (Lipinski definition) is 4. The number of guanidine groups is 1. The minimum Gasteiger partial charge on any atom is -0.355 e. The predicted molar refractivity (Wildman–Crippen MR) is 88.7 cm³/mol. The Labute approximate surface area is 131 Å². The van der Waals surface area contributed by atoms with Crippen LogP contribution in [0.1, 0.15) is 32.1 Å². The number of nitrogens with one attached hydrogen (secondary N) is 2. The summed E-state index contributed by atoms with van der Waals surface area (Å²) < 4.78 is 23.0. The first kappa shape index (κ1) is 15.5. The van der Waals surface area contributed by atoms with E-state index in [-0.39, 0.29) is 5.92 Å². The lowest BCUT2D eigenvalue weighted by atomic mass is 10.1. The van der Waals surface area contributed by atoms with Crippen LogP contribution >= 0.6 is 11.8 Å². The summed E-state index contributed by atoms with van der Waals surface area (Å²) in [6.07, 6.45) is 5.81. The average molecular weight is 332 g/mol. The molecule has 0 spiro atoms. The third-order valence-electron chi connectivity index (χ3n) is 4.27. The maximum Gasteiger partial charge on any atom is 0.191 e. The van der Waals surface area contributed by atoms with E-state index in [2.05, 4.69) is 15.6 Å². The fourth-order valence-electron chi connectivity index (χ4n) is 2.83. The maximum atomic E-state index is 11.5. The second-order valence-corrected chi connectivity index (χ2v) is 10.0. The molecule has 1 aliphatic carbocycles. The third kappa shape index (κ3) is 5.06. The zero-order chi connectivity index (χ0) is 14.7. The van der Waals surface area contributed by atoms with Crippen LogP contribution in [-0.4, -0.2) is 56.0 Å². The van der Waals surface area contributed by atoms with Crippen molar-refractivity contribution in [2.24, 2.45) is 10.9 Å². The molecule has 3 fully saturated rings. The molecule has 2 atom stereocenters. The van der Waals surface area contributed by atoms with Crippen LogP contribution in [0.15, 0.2) is 4.99 Å². The molecule has 0 aromatic heterocycles. The lowest BCUT2D eigenvalue weighted by Crippen LogP contribution is -2.41. The molecule has 120 valence electrons. The molecule has 0 radical (unpaired) electrons. The van der Waals surface area contributed by atoms with Crippen molar-refractivity contribution in [3.8, 4) is 0 Å². The fraction of sp³-hybridized carbons (Fsp3) is 0.929. The topological polar surface area (TPSA) is 70.6 Å². The van der Waals surface area contributed by atoms with Crippen molar-refractivity contribution in [2.75, 3.05) is 30.3 Å². The van der Waals surface area contributed by atoms with Gasteiger partial charge in [0.05, 0.1) is 11.5 Å². The molecule has 2 N–H and O–H groups in total. The van der Waals surface area contributed by atoms with Gasteiger partial charge in [-0.1, -0.05) is 0 Å². The Bertz CT molecular complexity index is 482. The van der Waals surface area contributed by atoms with Crippen molar-refractivity contribution in [1.29, 1.82) is 0 Å². The predicted octanol–water partition coefficient (Wildman–Crippen LogP) is 1.01. The first-order valence-corrected chi connectivity index (χ1v) is 10.8. The second-order valence-electron chi connectivity index (χ2n) is 6.39. The Balaban J connectivity index is 1.49. The summed E-state index contributed by atoms with van der Waals surface area (Å²) in [7, 11) is -2.79. The molecular formula is C14H25N3O2S2. The van der Waals surface area contributed by atoms with E-state index in [9.17, 15) is 8.42 Å². The van der Waals surface area contributed by atoms with Crippen LogP contribution in [0, 0.1) is 5.92 Å². The van der Waals surface area contributed by atoms with Gasteiger partial charge in [-0.25, -0.2) is 8.42 Å². The van der Waals surface area contributed by atoms with Gasteiger partial charge in [-0.3, -0.25) is 4.99 Å². The van der Waals surface area contributed by atoms with Gasteiger partial charge in [0.1, 0.15) is 0 Å². The minimum atomic E-state index is -2.79. The summed E-state index contributed by atoms with van der Waals surface area (Å²) in [5, 5.41) is 7.58. The molecule has 3 rings (SSSR count). The number of thioether (sulfide) groups is 1. The summed E-state index contributed by atoms with van der Waals surface area (Å²) in [6.45, 7) is 1.59. The molecule has 0 aromatic carbocycles. The van der Waals surface area contributed by atoms with Crippen LogP contribution in [0.25, 0.3) is 0 Å². The van der Waals surface area contributed by atoms with Crippen molar-refractivity contribution in [2.45, 2.75) is 43.4 Å².